The number of hydrogen-bond acceptors (Lipinski definition) is 8. The number of alkyl halides is 3. The Labute approximate surface area is 212 Å². The average molecular weight is 536 g/mol. The standard InChI is InChI=1S/C22H23F3N8O5/c23-15-10-13(30-12-14(38-22(30)37)11-28-18(34)17(24)25)2-3-16(15)29-6-8-31-20(35)33(19-26-4-1-5-27-19)21(36)32(31)9-7-29/h1-5,14-15,17H,6-12H2,(H,28,34). The summed E-state index contributed by atoms with van der Waals surface area (Å²) in [5.41, 5.74) is -0.498. The minimum Gasteiger partial charge on any atom is -0.442 e. The number of nitrogens with zero attached hydrogens (tertiary/aromatic N) is 7. The van der Waals surface area contributed by atoms with Gasteiger partial charge in [0.1, 0.15) is 12.3 Å². The smallest absolute Gasteiger partial charge is 0.414 e. The monoisotopic (exact) mass is 536 g/mol. The van der Waals surface area contributed by atoms with Crippen molar-refractivity contribution in [2.75, 3.05) is 26.2 Å². The number of amides is 2. The molecule has 2 amide bonds. The van der Waals surface area contributed by atoms with E-state index in [1.165, 1.54) is 32.7 Å². The molecule has 0 radical (unpaired) electrons. The zero-order valence-electron chi connectivity index (χ0n) is 19.9. The van der Waals surface area contributed by atoms with Crippen LogP contribution in [0.3, 0.4) is 0 Å². The predicted molar refractivity (Wildman–Crippen MR) is 123 cm³/mol. The molecule has 1 aliphatic carbocycles. The highest BCUT2D eigenvalue weighted by Crippen LogP contribution is 2.29. The number of halogens is 3. The van der Waals surface area contributed by atoms with E-state index in [0.717, 1.165) is 4.57 Å². The molecule has 1 fully saturated rings. The van der Waals surface area contributed by atoms with Gasteiger partial charge in [-0.2, -0.15) is 13.3 Å². The Balaban J connectivity index is 1.27. The molecule has 13 nitrogen and oxygen atoms in total. The number of nitrogens with one attached hydrogen (secondary N) is 1. The second kappa shape index (κ2) is 10.2. The summed E-state index contributed by atoms with van der Waals surface area (Å²) in [6, 6.07) is 1.57. The molecule has 2 aromatic heterocycles. The molecular weight excluding hydrogens is 513 g/mol. The molecule has 5 rings (SSSR count). The molecule has 0 spiro atoms. The number of rotatable bonds is 6. The van der Waals surface area contributed by atoms with Crippen LogP contribution in [-0.2, 0) is 22.6 Å². The maximum Gasteiger partial charge on any atom is 0.414 e. The Kier molecular flexibility index (Phi) is 6.77. The highest BCUT2D eigenvalue weighted by molar-refractivity contribution is 5.79. The molecule has 0 saturated carbocycles. The van der Waals surface area contributed by atoms with E-state index in [4.69, 9.17) is 4.74 Å². The van der Waals surface area contributed by atoms with Crippen LogP contribution < -0.4 is 16.7 Å². The van der Waals surface area contributed by atoms with Crippen LogP contribution in [0.15, 0.2) is 51.6 Å². The molecule has 16 heteroatoms. The first kappa shape index (κ1) is 25.3. The quantitative estimate of drug-likeness (QED) is 0.528. The van der Waals surface area contributed by atoms with Crippen molar-refractivity contribution in [3.63, 3.8) is 0 Å². The summed E-state index contributed by atoms with van der Waals surface area (Å²) in [5.74, 6) is -1.49. The van der Waals surface area contributed by atoms with Crippen molar-refractivity contribution in [3.05, 3.63) is 63.0 Å². The molecule has 2 atom stereocenters. The summed E-state index contributed by atoms with van der Waals surface area (Å²) in [4.78, 5) is 60.0. The molecular formula is C22H23F3N8O5. The van der Waals surface area contributed by atoms with Crippen LogP contribution in [0.1, 0.15) is 6.42 Å². The third-order valence-electron chi connectivity index (χ3n) is 6.48. The summed E-state index contributed by atoms with van der Waals surface area (Å²) >= 11 is 0. The van der Waals surface area contributed by atoms with Crippen LogP contribution in [0.5, 0.6) is 0 Å². The number of carbonyl (C=O) groups is 2. The Bertz CT molecular complexity index is 1380. The maximum absolute atomic E-state index is 15.3. The number of allylic oxidation sites excluding steroid dienone is 4. The summed E-state index contributed by atoms with van der Waals surface area (Å²) in [7, 11) is 0. The van der Waals surface area contributed by atoms with Gasteiger partial charge in [0.15, 0.2) is 0 Å². The summed E-state index contributed by atoms with van der Waals surface area (Å²) in [6.07, 6.45) is -0.457. The topological polar surface area (TPSA) is 137 Å². The minimum absolute atomic E-state index is 0.0242. The van der Waals surface area contributed by atoms with E-state index in [0.29, 0.717) is 11.4 Å². The molecule has 2 unspecified atom stereocenters. The Morgan fingerprint density at radius 1 is 1.05 bits per heavy atom. The van der Waals surface area contributed by atoms with Crippen molar-refractivity contribution in [2.45, 2.75) is 38.2 Å². The first-order valence-corrected chi connectivity index (χ1v) is 11.8. The second-order valence-electron chi connectivity index (χ2n) is 8.77. The molecule has 2 aromatic rings. The molecule has 38 heavy (non-hydrogen) atoms. The van der Waals surface area contributed by atoms with Crippen LogP contribution in [0.25, 0.3) is 5.95 Å². The van der Waals surface area contributed by atoms with Gasteiger partial charge in [0, 0.05) is 43.3 Å². The first-order chi connectivity index (χ1) is 18.2. The predicted octanol–water partition coefficient (Wildman–Crippen LogP) is -0.382. The van der Waals surface area contributed by atoms with E-state index in [1.807, 2.05) is 5.32 Å². The number of aromatic nitrogens is 5. The van der Waals surface area contributed by atoms with Crippen molar-refractivity contribution < 1.29 is 27.5 Å². The molecule has 202 valence electrons. The number of fused-ring (bicyclic) bond motifs is 1. The normalized spacial score (nSPS) is 21.5. The van der Waals surface area contributed by atoms with Gasteiger partial charge in [0.25, 0.3) is 5.91 Å². The fourth-order valence-corrected chi connectivity index (χ4v) is 4.63. The van der Waals surface area contributed by atoms with E-state index < -0.39 is 42.1 Å². The van der Waals surface area contributed by atoms with E-state index in [1.54, 1.807) is 17.0 Å². The van der Waals surface area contributed by atoms with Gasteiger partial charge in [0.05, 0.1) is 26.2 Å². The molecule has 2 aliphatic heterocycles. The fraction of sp³-hybridized carbons (Fsp3) is 0.455. The minimum atomic E-state index is -3.18. The van der Waals surface area contributed by atoms with Crippen molar-refractivity contribution in [3.8, 4) is 5.95 Å². The summed E-state index contributed by atoms with van der Waals surface area (Å²) in [6.45, 7) is 0.449. The van der Waals surface area contributed by atoms with Crippen molar-refractivity contribution in [1.82, 2.24) is 39.0 Å². The van der Waals surface area contributed by atoms with Crippen LogP contribution in [-0.4, -0.2) is 90.6 Å². The molecule has 0 aromatic carbocycles. The lowest BCUT2D eigenvalue weighted by molar-refractivity contribution is -0.132. The highest BCUT2D eigenvalue weighted by Gasteiger charge is 2.37. The third kappa shape index (κ3) is 4.68. The van der Waals surface area contributed by atoms with Gasteiger partial charge in [-0.15, -0.1) is 0 Å². The lowest BCUT2D eigenvalue weighted by atomic mass is 10.0. The Morgan fingerprint density at radius 3 is 2.32 bits per heavy atom. The van der Waals surface area contributed by atoms with Crippen LogP contribution in [0.4, 0.5) is 18.0 Å². The van der Waals surface area contributed by atoms with Gasteiger partial charge in [0.2, 0.25) is 5.95 Å². The van der Waals surface area contributed by atoms with Crippen molar-refractivity contribution in [2.24, 2.45) is 0 Å². The first-order valence-electron chi connectivity index (χ1n) is 11.8. The van der Waals surface area contributed by atoms with E-state index in [-0.39, 0.29) is 51.6 Å². The van der Waals surface area contributed by atoms with Crippen molar-refractivity contribution in [1.29, 1.82) is 0 Å². The zero-order valence-corrected chi connectivity index (χ0v) is 19.9. The molecule has 1 saturated heterocycles. The number of ether oxygens (including phenoxy) is 1. The van der Waals surface area contributed by atoms with Gasteiger partial charge in [-0.05, 0) is 18.2 Å². The summed E-state index contributed by atoms with van der Waals surface area (Å²) in [5, 5.41) is 2.00. The lowest BCUT2D eigenvalue weighted by Gasteiger charge is -2.31. The SMILES string of the molecule is O=C(NCC1CN(C2=CC=C(N3CCn4c(=O)n(-c5ncccn5)c(=O)n4CC3)C(F)C2)C(=O)O1)C(F)F. The highest BCUT2D eigenvalue weighted by atomic mass is 19.3. The fourth-order valence-electron chi connectivity index (χ4n) is 4.63. The average Bonchev–Trinajstić information content (AvgIpc) is 3.27. The van der Waals surface area contributed by atoms with Gasteiger partial charge >= 0.3 is 23.9 Å². The van der Waals surface area contributed by atoms with Crippen LogP contribution >= 0.6 is 0 Å². The zero-order chi connectivity index (χ0) is 27.0. The second-order valence-corrected chi connectivity index (χ2v) is 8.77. The lowest BCUT2D eigenvalue weighted by Crippen LogP contribution is -2.38. The van der Waals surface area contributed by atoms with Crippen LogP contribution in [0, 0.1) is 0 Å². The van der Waals surface area contributed by atoms with E-state index in [2.05, 4.69) is 9.97 Å². The number of carbonyl (C=O) groups excluding carboxylic acids is 2. The Hall–Kier alpha value is -4.37. The van der Waals surface area contributed by atoms with E-state index >= 15 is 4.39 Å². The molecule has 0 bridgehead atoms. The van der Waals surface area contributed by atoms with Gasteiger partial charge in [-0.25, -0.2) is 38.1 Å². The molecule has 1 N–H and O–H groups in total. The molecule has 3 aliphatic rings. The number of cyclic esters (lactones) is 1. The number of hydrogen-bond donors (Lipinski definition) is 1. The largest absolute Gasteiger partial charge is 0.442 e. The van der Waals surface area contributed by atoms with Gasteiger partial charge in [-0.3, -0.25) is 9.69 Å². The van der Waals surface area contributed by atoms with Gasteiger partial charge in [-0.1, -0.05) is 0 Å². The molecule has 4 heterocycles. The Morgan fingerprint density at radius 2 is 1.71 bits per heavy atom. The van der Waals surface area contributed by atoms with Crippen molar-refractivity contribution >= 4 is 12.0 Å². The van der Waals surface area contributed by atoms with Crippen LogP contribution in [0.2, 0.25) is 0 Å². The third-order valence-corrected chi connectivity index (χ3v) is 6.48. The maximum atomic E-state index is 15.3. The van der Waals surface area contributed by atoms with E-state index in [9.17, 15) is 28.0 Å². The summed E-state index contributed by atoms with van der Waals surface area (Å²) < 4.78 is 48.6. The van der Waals surface area contributed by atoms with Gasteiger partial charge < -0.3 is 15.0 Å².